The molecular formula is C13H20N4O4. The Labute approximate surface area is 122 Å². The van der Waals surface area contributed by atoms with Crippen LogP contribution in [0.25, 0.3) is 0 Å². The highest BCUT2D eigenvalue weighted by molar-refractivity contribution is 5.86. The molecule has 0 bridgehead atoms. The van der Waals surface area contributed by atoms with E-state index in [1.165, 1.54) is 0 Å². The van der Waals surface area contributed by atoms with Crippen molar-refractivity contribution in [3.05, 3.63) is 11.7 Å². The zero-order valence-corrected chi connectivity index (χ0v) is 12.2. The predicted octanol–water partition coefficient (Wildman–Crippen LogP) is 0.0432. The van der Waals surface area contributed by atoms with Crippen LogP contribution >= 0.6 is 0 Å². The summed E-state index contributed by atoms with van der Waals surface area (Å²) in [6.45, 7) is 5.49. The molecular weight excluding hydrogens is 276 g/mol. The van der Waals surface area contributed by atoms with E-state index in [4.69, 9.17) is 9.63 Å². The van der Waals surface area contributed by atoms with Crippen LogP contribution in [-0.2, 0) is 22.6 Å². The molecule has 0 saturated carbocycles. The SMILES string of the molecule is CC(C)Cc1nc(CN2CCNC(=O)C2CC(=O)O)no1. The first kappa shape index (κ1) is 15.4. The fourth-order valence-electron chi connectivity index (χ4n) is 2.31. The Kier molecular flexibility index (Phi) is 4.89. The molecule has 116 valence electrons. The second-order valence-electron chi connectivity index (χ2n) is 5.58. The molecule has 2 heterocycles. The Bertz CT molecular complexity index is 514. The lowest BCUT2D eigenvalue weighted by Crippen LogP contribution is -2.55. The molecule has 1 fully saturated rings. The highest BCUT2D eigenvalue weighted by atomic mass is 16.5. The largest absolute Gasteiger partial charge is 0.481 e. The third-order valence-corrected chi connectivity index (χ3v) is 3.25. The number of carbonyl (C=O) groups is 2. The van der Waals surface area contributed by atoms with Gasteiger partial charge in [0.15, 0.2) is 5.82 Å². The highest BCUT2D eigenvalue weighted by Crippen LogP contribution is 2.13. The quantitative estimate of drug-likeness (QED) is 0.763. The van der Waals surface area contributed by atoms with Gasteiger partial charge < -0.3 is 14.9 Å². The molecule has 1 amide bonds. The fourth-order valence-corrected chi connectivity index (χ4v) is 2.31. The van der Waals surface area contributed by atoms with Gasteiger partial charge in [0.05, 0.1) is 13.0 Å². The number of piperazine rings is 1. The number of nitrogens with zero attached hydrogens (tertiary/aromatic N) is 3. The number of aromatic nitrogens is 2. The van der Waals surface area contributed by atoms with Crippen molar-refractivity contribution in [1.29, 1.82) is 0 Å². The Morgan fingerprint density at radius 2 is 2.33 bits per heavy atom. The van der Waals surface area contributed by atoms with Gasteiger partial charge in [0.2, 0.25) is 11.8 Å². The van der Waals surface area contributed by atoms with E-state index >= 15 is 0 Å². The van der Waals surface area contributed by atoms with Crippen molar-refractivity contribution in [3.63, 3.8) is 0 Å². The molecule has 8 nitrogen and oxygen atoms in total. The Hall–Kier alpha value is -1.96. The number of nitrogens with one attached hydrogen (secondary N) is 1. The minimum Gasteiger partial charge on any atom is -0.481 e. The first-order valence-corrected chi connectivity index (χ1v) is 7.00. The summed E-state index contributed by atoms with van der Waals surface area (Å²) in [7, 11) is 0. The van der Waals surface area contributed by atoms with Crippen molar-refractivity contribution in [2.75, 3.05) is 13.1 Å². The summed E-state index contributed by atoms with van der Waals surface area (Å²) in [6.07, 6.45) is 0.467. The topological polar surface area (TPSA) is 109 Å². The van der Waals surface area contributed by atoms with Crippen molar-refractivity contribution in [2.24, 2.45) is 5.92 Å². The highest BCUT2D eigenvalue weighted by Gasteiger charge is 2.32. The van der Waals surface area contributed by atoms with Gasteiger partial charge in [0.1, 0.15) is 6.04 Å². The molecule has 0 aliphatic carbocycles. The molecule has 1 unspecified atom stereocenters. The van der Waals surface area contributed by atoms with E-state index in [0.29, 0.717) is 43.7 Å². The van der Waals surface area contributed by atoms with Crippen molar-refractivity contribution in [3.8, 4) is 0 Å². The third kappa shape index (κ3) is 4.25. The van der Waals surface area contributed by atoms with Crippen molar-refractivity contribution in [1.82, 2.24) is 20.4 Å². The van der Waals surface area contributed by atoms with Gasteiger partial charge >= 0.3 is 5.97 Å². The molecule has 1 atom stereocenters. The number of aliphatic carboxylic acids is 1. The lowest BCUT2D eigenvalue weighted by Gasteiger charge is -2.33. The van der Waals surface area contributed by atoms with Crippen LogP contribution in [0.2, 0.25) is 0 Å². The summed E-state index contributed by atoms with van der Waals surface area (Å²) < 4.78 is 5.16. The molecule has 2 rings (SSSR count). The van der Waals surface area contributed by atoms with Gasteiger partial charge in [0.25, 0.3) is 0 Å². The van der Waals surface area contributed by atoms with Crippen molar-refractivity contribution in [2.45, 2.75) is 39.3 Å². The Balaban J connectivity index is 2.03. The maximum absolute atomic E-state index is 11.8. The van der Waals surface area contributed by atoms with Gasteiger partial charge in [0, 0.05) is 19.5 Å². The van der Waals surface area contributed by atoms with Gasteiger partial charge in [-0.25, -0.2) is 0 Å². The molecule has 0 aromatic carbocycles. The van der Waals surface area contributed by atoms with E-state index in [1.807, 2.05) is 0 Å². The van der Waals surface area contributed by atoms with Crippen LogP contribution in [0.1, 0.15) is 32.0 Å². The van der Waals surface area contributed by atoms with Gasteiger partial charge in [-0.05, 0) is 5.92 Å². The first-order valence-electron chi connectivity index (χ1n) is 7.00. The molecule has 0 radical (unpaired) electrons. The van der Waals surface area contributed by atoms with Crippen molar-refractivity contribution >= 4 is 11.9 Å². The van der Waals surface area contributed by atoms with Crippen LogP contribution in [0.4, 0.5) is 0 Å². The van der Waals surface area contributed by atoms with Gasteiger partial charge in [-0.15, -0.1) is 0 Å². The minimum atomic E-state index is -1.00. The van der Waals surface area contributed by atoms with Crippen LogP contribution in [0.15, 0.2) is 4.52 Å². The van der Waals surface area contributed by atoms with E-state index < -0.39 is 12.0 Å². The van der Waals surface area contributed by atoms with Gasteiger partial charge in [-0.2, -0.15) is 4.98 Å². The summed E-state index contributed by atoms with van der Waals surface area (Å²) in [4.78, 5) is 28.7. The van der Waals surface area contributed by atoms with E-state index in [0.717, 1.165) is 0 Å². The monoisotopic (exact) mass is 296 g/mol. The molecule has 1 aromatic heterocycles. The maximum Gasteiger partial charge on any atom is 0.305 e. The van der Waals surface area contributed by atoms with Gasteiger partial charge in [-0.3, -0.25) is 14.5 Å². The van der Waals surface area contributed by atoms with Crippen LogP contribution < -0.4 is 5.32 Å². The average Bonchev–Trinajstić information content (AvgIpc) is 2.79. The normalized spacial score (nSPS) is 19.8. The Morgan fingerprint density at radius 3 is 3.00 bits per heavy atom. The number of carboxylic acids is 1. The number of hydrogen-bond acceptors (Lipinski definition) is 6. The number of rotatable bonds is 6. The molecule has 8 heteroatoms. The molecule has 2 N–H and O–H groups in total. The number of carbonyl (C=O) groups excluding carboxylic acids is 1. The predicted molar refractivity (Wildman–Crippen MR) is 72.3 cm³/mol. The third-order valence-electron chi connectivity index (χ3n) is 3.25. The average molecular weight is 296 g/mol. The molecule has 1 aliphatic rings. The zero-order valence-electron chi connectivity index (χ0n) is 12.2. The van der Waals surface area contributed by atoms with Crippen LogP contribution in [0, 0.1) is 5.92 Å². The maximum atomic E-state index is 11.8. The summed E-state index contributed by atoms with van der Waals surface area (Å²) in [5.74, 6) is 0.191. The van der Waals surface area contributed by atoms with E-state index in [-0.39, 0.29) is 12.3 Å². The molecule has 21 heavy (non-hydrogen) atoms. The summed E-state index contributed by atoms with van der Waals surface area (Å²) in [6, 6.07) is -0.691. The van der Waals surface area contributed by atoms with Gasteiger partial charge in [-0.1, -0.05) is 19.0 Å². The standard InChI is InChI=1S/C13H20N4O4/c1-8(2)5-11-15-10(16-21-11)7-17-4-3-14-13(20)9(17)6-12(18)19/h8-9H,3-7H2,1-2H3,(H,14,20)(H,18,19). The molecule has 1 saturated heterocycles. The van der Waals surface area contributed by atoms with E-state index in [1.54, 1.807) is 4.90 Å². The summed E-state index contributed by atoms with van der Waals surface area (Å²) in [5, 5.41) is 15.5. The lowest BCUT2D eigenvalue weighted by molar-refractivity contribution is -0.143. The lowest BCUT2D eigenvalue weighted by atomic mass is 10.1. The second kappa shape index (κ2) is 6.66. The van der Waals surface area contributed by atoms with E-state index in [9.17, 15) is 9.59 Å². The van der Waals surface area contributed by atoms with Crippen LogP contribution in [0.5, 0.6) is 0 Å². The zero-order chi connectivity index (χ0) is 15.4. The molecule has 0 spiro atoms. The molecule has 1 aromatic rings. The fraction of sp³-hybridized carbons (Fsp3) is 0.692. The number of amides is 1. The van der Waals surface area contributed by atoms with E-state index in [2.05, 4.69) is 29.3 Å². The number of hydrogen-bond donors (Lipinski definition) is 2. The van der Waals surface area contributed by atoms with Crippen molar-refractivity contribution < 1.29 is 19.2 Å². The summed E-state index contributed by atoms with van der Waals surface area (Å²) in [5.41, 5.74) is 0. The number of carboxylic acid groups (broad SMARTS) is 1. The smallest absolute Gasteiger partial charge is 0.305 e. The minimum absolute atomic E-state index is 0.234. The first-order chi connectivity index (χ1) is 9.95. The van der Waals surface area contributed by atoms with Crippen LogP contribution in [0.3, 0.4) is 0 Å². The Morgan fingerprint density at radius 1 is 1.57 bits per heavy atom. The second-order valence-corrected chi connectivity index (χ2v) is 5.58. The summed E-state index contributed by atoms with van der Waals surface area (Å²) >= 11 is 0. The van der Waals surface area contributed by atoms with Crippen LogP contribution in [-0.4, -0.2) is 51.2 Å². The molecule has 1 aliphatic heterocycles.